The van der Waals surface area contributed by atoms with Gasteiger partial charge in [-0.1, -0.05) is 60.7 Å². The van der Waals surface area contributed by atoms with Crippen LogP contribution in [0.4, 0.5) is 0 Å². The first-order valence-corrected chi connectivity index (χ1v) is 12.5. The molecule has 2 aromatic carbocycles. The summed E-state index contributed by atoms with van der Waals surface area (Å²) in [5, 5.41) is 5.12. The van der Waals surface area contributed by atoms with Gasteiger partial charge in [0.1, 0.15) is 0 Å². The van der Waals surface area contributed by atoms with E-state index >= 15 is 0 Å². The van der Waals surface area contributed by atoms with Gasteiger partial charge in [0.05, 0.1) is 6.04 Å². The number of nitrogens with zero attached hydrogens (tertiary/aromatic N) is 3. The van der Waals surface area contributed by atoms with E-state index < -0.39 is 0 Å². The molecule has 4 aliphatic carbocycles. The molecule has 5 nitrogen and oxygen atoms in total. The molecule has 4 aliphatic rings. The fourth-order valence-corrected chi connectivity index (χ4v) is 7.54. The maximum atomic E-state index is 13.2. The molecule has 0 amide bonds. The number of nitrogen functional groups attached to an aromatic ring is 1. The number of carbonyl (C=O) groups excluding carboxylic acids is 1. The molecule has 4 bridgehead atoms. The van der Waals surface area contributed by atoms with E-state index in [0.29, 0.717) is 16.8 Å². The zero-order valence-electron chi connectivity index (χ0n) is 18.8. The van der Waals surface area contributed by atoms with Crippen molar-refractivity contribution in [3.05, 3.63) is 82.4 Å². The van der Waals surface area contributed by atoms with E-state index in [1.807, 2.05) is 65.3 Å². The first-order valence-electron chi connectivity index (χ1n) is 12.1. The summed E-state index contributed by atoms with van der Waals surface area (Å²) in [6.45, 7) is 0. The van der Waals surface area contributed by atoms with Crippen LogP contribution < -0.4 is 5.84 Å². The molecule has 33 heavy (non-hydrogen) atoms. The maximum absolute atomic E-state index is 13.2. The van der Waals surface area contributed by atoms with Gasteiger partial charge >= 0.3 is 0 Å². The predicted octanol–water partition coefficient (Wildman–Crippen LogP) is 5.46. The van der Waals surface area contributed by atoms with Crippen LogP contribution in [-0.4, -0.2) is 20.2 Å². The lowest BCUT2D eigenvalue weighted by Crippen LogP contribution is -2.50. The second-order valence-electron chi connectivity index (χ2n) is 10.5. The van der Waals surface area contributed by atoms with E-state index in [1.165, 1.54) is 38.5 Å². The number of benzene rings is 2. The van der Waals surface area contributed by atoms with Gasteiger partial charge in [0.25, 0.3) is 0 Å². The fourth-order valence-electron chi connectivity index (χ4n) is 7.28. The SMILES string of the molecule is Nn1c(C23CC4CC(CC(C4)C2)C3)nn([C@H](CC(=O)c2ccccc2)c2ccccc2)c1=S. The van der Waals surface area contributed by atoms with Crippen LogP contribution >= 0.6 is 12.2 Å². The number of carbonyl (C=O) groups is 1. The summed E-state index contributed by atoms with van der Waals surface area (Å²) in [5.74, 6) is 10.0. The average Bonchev–Trinajstić information content (AvgIpc) is 3.12. The summed E-state index contributed by atoms with van der Waals surface area (Å²) < 4.78 is 4.00. The van der Waals surface area contributed by atoms with E-state index in [4.69, 9.17) is 23.2 Å². The van der Waals surface area contributed by atoms with Crippen molar-refractivity contribution in [3.63, 3.8) is 0 Å². The quantitative estimate of drug-likeness (QED) is 0.303. The second-order valence-corrected chi connectivity index (χ2v) is 10.9. The lowest BCUT2D eigenvalue weighted by molar-refractivity contribution is -0.0107. The summed E-state index contributed by atoms with van der Waals surface area (Å²) in [5.41, 5.74) is 1.76. The Morgan fingerprint density at radius 1 is 0.970 bits per heavy atom. The molecule has 0 spiro atoms. The highest BCUT2D eigenvalue weighted by Gasteiger charge is 2.54. The van der Waals surface area contributed by atoms with Crippen molar-refractivity contribution in [1.82, 2.24) is 14.5 Å². The Morgan fingerprint density at radius 2 is 1.52 bits per heavy atom. The number of hydrogen-bond acceptors (Lipinski definition) is 4. The number of nitrogens with two attached hydrogens (primary N) is 1. The molecule has 7 rings (SSSR count). The van der Waals surface area contributed by atoms with Gasteiger partial charge in [-0.15, -0.1) is 0 Å². The number of rotatable bonds is 6. The molecular formula is C27H30N4OS. The highest BCUT2D eigenvalue weighted by atomic mass is 32.1. The van der Waals surface area contributed by atoms with Crippen molar-refractivity contribution in [1.29, 1.82) is 0 Å². The monoisotopic (exact) mass is 458 g/mol. The summed E-state index contributed by atoms with van der Waals surface area (Å²) in [7, 11) is 0. The van der Waals surface area contributed by atoms with Crippen LogP contribution in [0.25, 0.3) is 0 Å². The molecule has 0 saturated heterocycles. The lowest BCUT2D eigenvalue weighted by atomic mass is 9.49. The topological polar surface area (TPSA) is 65.8 Å². The first-order chi connectivity index (χ1) is 16.0. The van der Waals surface area contributed by atoms with Crippen LogP contribution in [0.1, 0.15) is 72.7 Å². The highest BCUT2D eigenvalue weighted by molar-refractivity contribution is 7.71. The van der Waals surface area contributed by atoms with Gasteiger partial charge in [-0.3, -0.25) is 4.79 Å². The Hall–Kier alpha value is -2.73. The molecule has 0 unspecified atom stereocenters. The molecule has 1 aromatic heterocycles. The molecule has 170 valence electrons. The molecule has 2 N–H and O–H groups in total. The van der Waals surface area contributed by atoms with E-state index in [2.05, 4.69) is 0 Å². The Bertz CT molecular complexity index is 1190. The molecule has 1 atom stereocenters. The molecule has 1 heterocycles. The van der Waals surface area contributed by atoms with E-state index in [1.54, 1.807) is 4.68 Å². The van der Waals surface area contributed by atoms with E-state index in [-0.39, 0.29) is 17.2 Å². The lowest BCUT2D eigenvalue weighted by Gasteiger charge is -2.55. The minimum Gasteiger partial charge on any atom is -0.335 e. The summed E-state index contributed by atoms with van der Waals surface area (Å²) in [4.78, 5) is 13.2. The number of aromatic nitrogens is 3. The Balaban J connectivity index is 1.41. The Morgan fingerprint density at radius 3 is 2.09 bits per heavy atom. The van der Waals surface area contributed by atoms with Crippen molar-refractivity contribution in [3.8, 4) is 0 Å². The van der Waals surface area contributed by atoms with Gasteiger partial charge in [-0.25, -0.2) is 9.36 Å². The van der Waals surface area contributed by atoms with Crippen molar-refractivity contribution in [2.75, 3.05) is 5.84 Å². The van der Waals surface area contributed by atoms with Crippen molar-refractivity contribution < 1.29 is 4.79 Å². The third-order valence-electron chi connectivity index (χ3n) is 8.30. The van der Waals surface area contributed by atoms with E-state index in [9.17, 15) is 4.79 Å². The van der Waals surface area contributed by atoms with Crippen LogP contribution in [0.2, 0.25) is 0 Å². The van der Waals surface area contributed by atoms with Crippen LogP contribution in [0.15, 0.2) is 60.7 Å². The number of ketones is 1. The second kappa shape index (κ2) is 7.94. The van der Waals surface area contributed by atoms with Crippen LogP contribution in [-0.2, 0) is 5.41 Å². The van der Waals surface area contributed by atoms with Crippen LogP contribution in [0.5, 0.6) is 0 Å². The Kier molecular flexibility index (Phi) is 5.02. The summed E-state index contributed by atoms with van der Waals surface area (Å²) in [6.07, 6.45) is 7.89. The normalized spacial score (nSPS) is 28.7. The molecule has 4 fully saturated rings. The van der Waals surface area contributed by atoms with E-state index in [0.717, 1.165) is 29.1 Å². The van der Waals surface area contributed by atoms with Gasteiger partial charge in [0.15, 0.2) is 11.6 Å². The van der Waals surface area contributed by atoms with Crippen LogP contribution in [0.3, 0.4) is 0 Å². The van der Waals surface area contributed by atoms with Gasteiger partial charge in [-0.05, 0) is 74.1 Å². The first kappa shape index (κ1) is 20.8. The molecular weight excluding hydrogens is 428 g/mol. The zero-order valence-corrected chi connectivity index (χ0v) is 19.6. The average molecular weight is 459 g/mol. The Labute approximate surface area is 199 Å². The standard InChI is InChI=1S/C27H30N4OS/c28-30-25(27-15-18-11-19(16-27)13-20(12-18)17-27)29-31(26(30)33)23(21-7-3-1-4-8-21)14-24(32)22-9-5-2-6-10-22/h1-10,18-20,23H,11-17,28H2/t18?,19?,20?,23-,27?/m1/s1. The molecule has 0 radical (unpaired) electrons. The molecule has 4 saturated carbocycles. The minimum absolute atomic E-state index is 0.0347. The molecule has 6 heteroatoms. The predicted molar refractivity (Wildman–Crippen MR) is 131 cm³/mol. The number of hydrogen-bond donors (Lipinski definition) is 1. The van der Waals surface area contributed by atoms with Gasteiger partial charge < -0.3 is 5.84 Å². The van der Waals surface area contributed by atoms with Crippen LogP contribution in [0, 0.1) is 22.5 Å². The largest absolute Gasteiger partial charge is 0.335 e. The molecule has 0 aliphatic heterocycles. The minimum atomic E-state index is -0.288. The third-order valence-corrected chi connectivity index (χ3v) is 8.68. The van der Waals surface area contributed by atoms with Crippen molar-refractivity contribution in [2.45, 2.75) is 56.4 Å². The summed E-state index contributed by atoms with van der Waals surface area (Å²) in [6, 6.07) is 19.2. The van der Waals surface area contributed by atoms with Crippen molar-refractivity contribution >= 4 is 18.0 Å². The van der Waals surface area contributed by atoms with Crippen molar-refractivity contribution in [2.24, 2.45) is 17.8 Å². The third kappa shape index (κ3) is 3.55. The fraction of sp³-hybridized carbons (Fsp3) is 0.444. The smallest absolute Gasteiger partial charge is 0.217 e. The maximum Gasteiger partial charge on any atom is 0.217 e. The summed E-state index contributed by atoms with van der Waals surface area (Å²) >= 11 is 5.84. The number of Topliss-reactive ketones (excluding diaryl/α,β-unsaturated/α-hetero) is 1. The highest BCUT2D eigenvalue weighted by Crippen LogP contribution is 2.60. The van der Waals surface area contributed by atoms with Gasteiger partial charge in [0.2, 0.25) is 4.77 Å². The molecule has 3 aromatic rings. The van der Waals surface area contributed by atoms with Gasteiger partial charge in [0, 0.05) is 17.4 Å². The zero-order chi connectivity index (χ0) is 22.6. The van der Waals surface area contributed by atoms with Gasteiger partial charge in [-0.2, -0.15) is 5.10 Å².